The largest absolute Gasteiger partial charge is 0.497 e. The molecule has 104 valence electrons. The molecule has 20 heavy (non-hydrogen) atoms. The van der Waals surface area contributed by atoms with E-state index >= 15 is 0 Å². The molecule has 0 bridgehead atoms. The molecule has 0 saturated carbocycles. The lowest BCUT2D eigenvalue weighted by Crippen LogP contribution is -2.05. The average molecular weight is 402 g/mol. The third-order valence-corrected chi connectivity index (χ3v) is 4.23. The minimum absolute atomic E-state index is 0.0837. The molecule has 0 saturated heterocycles. The molecule has 0 aliphatic rings. The highest BCUT2D eigenvalue weighted by Gasteiger charge is 2.12. The fourth-order valence-corrected chi connectivity index (χ4v) is 2.52. The number of benzene rings is 2. The average Bonchev–Trinajstić information content (AvgIpc) is 2.44. The van der Waals surface area contributed by atoms with Crippen LogP contribution in [0.4, 0.5) is 4.39 Å². The SMILES string of the molecule is COc1ccc(Br)c(CC(=O)c2ccc(F)c(Br)c2)c1. The first-order chi connectivity index (χ1) is 9.51. The van der Waals surface area contributed by atoms with Crippen LogP contribution in [-0.4, -0.2) is 12.9 Å². The number of halogens is 3. The lowest BCUT2D eigenvalue weighted by atomic mass is 10.0. The van der Waals surface area contributed by atoms with Gasteiger partial charge in [0.25, 0.3) is 0 Å². The van der Waals surface area contributed by atoms with E-state index in [1.54, 1.807) is 13.2 Å². The van der Waals surface area contributed by atoms with Crippen molar-refractivity contribution in [2.45, 2.75) is 6.42 Å². The van der Waals surface area contributed by atoms with Crippen molar-refractivity contribution < 1.29 is 13.9 Å². The number of Topliss-reactive ketones (excluding diaryl/α,β-unsaturated/α-hetero) is 1. The van der Waals surface area contributed by atoms with E-state index in [2.05, 4.69) is 31.9 Å². The number of rotatable bonds is 4. The van der Waals surface area contributed by atoms with E-state index in [0.29, 0.717) is 11.3 Å². The first kappa shape index (κ1) is 15.2. The second-order valence-corrected chi connectivity index (χ2v) is 5.89. The highest BCUT2D eigenvalue weighted by atomic mass is 79.9. The molecule has 5 heteroatoms. The van der Waals surface area contributed by atoms with E-state index in [1.165, 1.54) is 18.2 Å². The molecule has 0 unspecified atom stereocenters. The van der Waals surface area contributed by atoms with Gasteiger partial charge in [0.1, 0.15) is 11.6 Å². The van der Waals surface area contributed by atoms with Crippen LogP contribution in [-0.2, 0) is 6.42 Å². The van der Waals surface area contributed by atoms with Crippen LogP contribution in [0.3, 0.4) is 0 Å². The van der Waals surface area contributed by atoms with Crippen LogP contribution in [0.2, 0.25) is 0 Å². The van der Waals surface area contributed by atoms with E-state index in [9.17, 15) is 9.18 Å². The van der Waals surface area contributed by atoms with Crippen molar-refractivity contribution in [3.8, 4) is 5.75 Å². The van der Waals surface area contributed by atoms with Crippen LogP contribution >= 0.6 is 31.9 Å². The van der Waals surface area contributed by atoms with Gasteiger partial charge in [-0.05, 0) is 57.9 Å². The Morgan fingerprint density at radius 2 is 1.90 bits per heavy atom. The summed E-state index contributed by atoms with van der Waals surface area (Å²) in [6.07, 6.45) is 0.218. The third-order valence-electron chi connectivity index (χ3n) is 2.85. The second kappa shape index (κ2) is 6.50. The summed E-state index contributed by atoms with van der Waals surface area (Å²) in [5.41, 5.74) is 1.29. The van der Waals surface area contributed by atoms with Crippen molar-refractivity contribution in [1.29, 1.82) is 0 Å². The summed E-state index contributed by atoms with van der Waals surface area (Å²) in [5, 5.41) is 0. The highest BCUT2D eigenvalue weighted by molar-refractivity contribution is 9.10. The van der Waals surface area contributed by atoms with E-state index in [0.717, 1.165) is 10.0 Å². The van der Waals surface area contributed by atoms with Crippen LogP contribution in [0.15, 0.2) is 45.3 Å². The zero-order valence-electron chi connectivity index (χ0n) is 10.6. The van der Waals surface area contributed by atoms with Crippen molar-refractivity contribution in [2.75, 3.05) is 7.11 Å². The Morgan fingerprint density at radius 1 is 1.15 bits per heavy atom. The molecule has 0 amide bonds. The van der Waals surface area contributed by atoms with Crippen LogP contribution in [0.25, 0.3) is 0 Å². The molecule has 0 fully saturated rings. The van der Waals surface area contributed by atoms with Gasteiger partial charge in [-0.15, -0.1) is 0 Å². The van der Waals surface area contributed by atoms with Gasteiger partial charge in [0, 0.05) is 16.5 Å². The lowest BCUT2D eigenvalue weighted by Gasteiger charge is -2.07. The topological polar surface area (TPSA) is 26.3 Å². The smallest absolute Gasteiger partial charge is 0.167 e. The summed E-state index contributed by atoms with van der Waals surface area (Å²) in [6.45, 7) is 0. The van der Waals surface area contributed by atoms with Crippen molar-refractivity contribution in [1.82, 2.24) is 0 Å². The molecule has 2 rings (SSSR count). The Balaban J connectivity index is 2.25. The van der Waals surface area contributed by atoms with Crippen LogP contribution in [0.1, 0.15) is 15.9 Å². The zero-order chi connectivity index (χ0) is 14.7. The van der Waals surface area contributed by atoms with Crippen LogP contribution in [0.5, 0.6) is 5.75 Å². The molecule has 0 atom stereocenters. The van der Waals surface area contributed by atoms with Crippen molar-refractivity contribution in [2.24, 2.45) is 0 Å². The maximum absolute atomic E-state index is 13.2. The predicted molar refractivity (Wildman–Crippen MR) is 82.8 cm³/mol. The summed E-state index contributed by atoms with van der Waals surface area (Å²) >= 11 is 6.49. The van der Waals surface area contributed by atoms with Gasteiger partial charge in [-0.25, -0.2) is 4.39 Å². The molecular formula is C15H11Br2FO2. The Morgan fingerprint density at radius 3 is 2.55 bits per heavy atom. The van der Waals surface area contributed by atoms with Crippen molar-refractivity contribution in [3.05, 3.63) is 62.3 Å². The molecule has 2 nitrogen and oxygen atoms in total. The van der Waals surface area contributed by atoms with Gasteiger partial charge in [-0.3, -0.25) is 4.79 Å². The maximum atomic E-state index is 13.2. The van der Waals surface area contributed by atoms with Crippen molar-refractivity contribution in [3.63, 3.8) is 0 Å². The normalized spacial score (nSPS) is 10.4. The highest BCUT2D eigenvalue weighted by Crippen LogP contribution is 2.24. The fourth-order valence-electron chi connectivity index (χ4n) is 1.76. The summed E-state index contributed by atoms with van der Waals surface area (Å²) in [7, 11) is 1.58. The quantitative estimate of drug-likeness (QED) is 0.688. The van der Waals surface area contributed by atoms with E-state index in [4.69, 9.17) is 4.74 Å². The molecule has 0 aliphatic carbocycles. The van der Waals surface area contributed by atoms with Gasteiger partial charge in [0.05, 0.1) is 11.6 Å². The van der Waals surface area contributed by atoms with Gasteiger partial charge in [0.2, 0.25) is 0 Å². The van der Waals surface area contributed by atoms with Gasteiger partial charge >= 0.3 is 0 Å². The summed E-state index contributed by atoms with van der Waals surface area (Å²) in [6, 6.07) is 9.70. The number of hydrogen-bond acceptors (Lipinski definition) is 2. The molecule has 0 aromatic heterocycles. The maximum Gasteiger partial charge on any atom is 0.167 e. The van der Waals surface area contributed by atoms with E-state index in [-0.39, 0.29) is 22.5 Å². The van der Waals surface area contributed by atoms with Crippen LogP contribution < -0.4 is 4.74 Å². The number of methoxy groups -OCH3 is 1. The number of carbonyl (C=O) groups is 1. The number of ether oxygens (including phenoxy) is 1. The van der Waals surface area contributed by atoms with E-state index in [1.807, 2.05) is 12.1 Å². The van der Waals surface area contributed by atoms with Gasteiger partial charge in [-0.2, -0.15) is 0 Å². The molecular weight excluding hydrogens is 391 g/mol. The second-order valence-electron chi connectivity index (χ2n) is 4.19. The summed E-state index contributed by atoms with van der Waals surface area (Å²) < 4.78 is 19.4. The fraction of sp³-hybridized carbons (Fsp3) is 0.133. The Kier molecular flexibility index (Phi) is 4.94. The first-order valence-corrected chi connectivity index (χ1v) is 7.40. The molecule has 0 spiro atoms. The molecule has 0 N–H and O–H groups in total. The van der Waals surface area contributed by atoms with Gasteiger partial charge < -0.3 is 4.74 Å². The summed E-state index contributed by atoms with van der Waals surface area (Å²) in [5.74, 6) is 0.222. The van der Waals surface area contributed by atoms with Crippen LogP contribution in [0, 0.1) is 5.82 Å². The number of ketones is 1. The predicted octanol–water partition coefficient (Wildman–Crippen LogP) is 4.78. The van der Waals surface area contributed by atoms with Gasteiger partial charge in [-0.1, -0.05) is 15.9 Å². The molecule has 0 heterocycles. The Hall–Kier alpha value is -1.20. The lowest BCUT2D eigenvalue weighted by molar-refractivity contribution is 0.0992. The number of hydrogen-bond donors (Lipinski definition) is 0. The third kappa shape index (κ3) is 3.46. The Bertz CT molecular complexity index is 656. The molecule has 0 radical (unpaired) electrons. The zero-order valence-corrected chi connectivity index (χ0v) is 13.8. The standard InChI is InChI=1S/C15H11Br2FO2/c1-20-11-3-4-12(16)10(6-11)8-15(19)9-2-5-14(18)13(17)7-9/h2-7H,8H2,1H3. The Labute approximate surface area is 133 Å². The molecule has 0 aliphatic heterocycles. The summed E-state index contributed by atoms with van der Waals surface area (Å²) in [4.78, 5) is 12.2. The molecule has 2 aromatic carbocycles. The van der Waals surface area contributed by atoms with Gasteiger partial charge in [0.15, 0.2) is 5.78 Å². The number of carbonyl (C=O) groups excluding carboxylic acids is 1. The molecule has 2 aromatic rings. The van der Waals surface area contributed by atoms with Crippen molar-refractivity contribution >= 4 is 37.6 Å². The first-order valence-electron chi connectivity index (χ1n) is 5.82. The monoisotopic (exact) mass is 400 g/mol. The van der Waals surface area contributed by atoms with E-state index < -0.39 is 0 Å². The minimum Gasteiger partial charge on any atom is -0.497 e. The minimum atomic E-state index is -0.385.